The van der Waals surface area contributed by atoms with E-state index in [1.807, 2.05) is 11.3 Å². The van der Waals surface area contributed by atoms with Gasteiger partial charge >= 0.3 is 0 Å². The average Bonchev–Trinajstić information content (AvgIpc) is 2.75. The molecule has 1 aliphatic rings. The fourth-order valence-electron chi connectivity index (χ4n) is 2.14. The molecule has 14 heavy (non-hydrogen) atoms. The normalized spacial score (nSPS) is 29.3. The largest absolute Gasteiger partial charge is 0.328 e. The van der Waals surface area contributed by atoms with Crippen molar-refractivity contribution in [1.82, 2.24) is 5.32 Å². The van der Waals surface area contributed by atoms with Crippen LogP contribution in [0.15, 0.2) is 17.5 Å². The highest BCUT2D eigenvalue weighted by molar-refractivity contribution is 7.10. The molecule has 0 bridgehead atoms. The molecule has 1 heterocycles. The second kappa shape index (κ2) is 4.43. The first-order valence-corrected chi connectivity index (χ1v) is 6.18. The van der Waals surface area contributed by atoms with E-state index in [-0.39, 0.29) is 0 Å². The van der Waals surface area contributed by atoms with Gasteiger partial charge in [-0.3, -0.25) is 0 Å². The lowest BCUT2D eigenvalue weighted by Gasteiger charge is -2.18. The number of nitrogens with two attached hydrogens (primary N) is 1. The lowest BCUT2D eigenvalue weighted by atomic mass is 10.2. The van der Waals surface area contributed by atoms with Crippen LogP contribution in [0.3, 0.4) is 0 Å². The Bertz CT molecular complexity index is 271. The predicted molar refractivity (Wildman–Crippen MR) is 61.5 cm³/mol. The second-order valence-corrected chi connectivity index (χ2v) is 5.15. The highest BCUT2D eigenvalue weighted by Gasteiger charge is 2.23. The third kappa shape index (κ3) is 2.35. The Hall–Kier alpha value is -0.380. The monoisotopic (exact) mass is 210 g/mol. The van der Waals surface area contributed by atoms with Gasteiger partial charge in [0, 0.05) is 23.0 Å². The van der Waals surface area contributed by atoms with Crippen LogP contribution in [0.4, 0.5) is 0 Å². The summed E-state index contributed by atoms with van der Waals surface area (Å²) in [5, 5.41) is 5.77. The Balaban J connectivity index is 1.86. The summed E-state index contributed by atoms with van der Waals surface area (Å²) < 4.78 is 0. The van der Waals surface area contributed by atoms with Crippen LogP contribution in [0.1, 0.15) is 37.1 Å². The van der Waals surface area contributed by atoms with E-state index < -0.39 is 0 Å². The fraction of sp³-hybridized carbons (Fsp3) is 0.636. The topological polar surface area (TPSA) is 38.0 Å². The Morgan fingerprint density at radius 2 is 2.43 bits per heavy atom. The molecule has 1 fully saturated rings. The molecule has 0 spiro atoms. The number of rotatable bonds is 3. The predicted octanol–water partition coefficient (Wildman–Crippen LogP) is 2.28. The van der Waals surface area contributed by atoms with Gasteiger partial charge in [0.1, 0.15) is 0 Å². The van der Waals surface area contributed by atoms with Gasteiger partial charge in [-0.15, -0.1) is 11.3 Å². The van der Waals surface area contributed by atoms with Crippen LogP contribution in [0.25, 0.3) is 0 Å². The van der Waals surface area contributed by atoms with E-state index >= 15 is 0 Å². The maximum atomic E-state index is 5.88. The van der Waals surface area contributed by atoms with Gasteiger partial charge in [0.15, 0.2) is 0 Å². The second-order valence-electron chi connectivity index (χ2n) is 4.17. The van der Waals surface area contributed by atoms with Crippen molar-refractivity contribution < 1.29 is 0 Å². The number of thiophene rings is 1. The van der Waals surface area contributed by atoms with Crippen molar-refractivity contribution >= 4 is 11.3 Å². The molecule has 2 rings (SSSR count). The molecule has 1 aromatic rings. The summed E-state index contributed by atoms with van der Waals surface area (Å²) in [5.41, 5.74) is 5.88. The van der Waals surface area contributed by atoms with E-state index in [0.717, 1.165) is 6.42 Å². The molecular formula is C11H18N2S. The van der Waals surface area contributed by atoms with Crippen LogP contribution in [-0.4, -0.2) is 12.1 Å². The smallest absolute Gasteiger partial charge is 0.0388 e. The zero-order chi connectivity index (χ0) is 9.97. The summed E-state index contributed by atoms with van der Waals surface area (Å²) in [6.07, 6.45) is 3.54. The SMILES string of the molecule is C[C@@H](NC1CCC(N)C1)c1cccs1. The third-order valence-electron chi connectivity index (χ3n) is 2.93. The summed E-state index contributed by atoms with van der Waals surface area (Å²) >= 11 is 1.82. The molecule has 0 aromatic carbocycles. The van der Waals surface area contributed by atoms with Crippen LogP contribution in [-0.2, 0) is 0 Å². The highest BCUT2D eigenvalue weighted by Crippen LogP contribution is 2.23. The molecule has 1 aliphatic carbocycles. The van der Waals surface area contributed by atoms with Gasteiger partial charge in [0.2, 0.25) is 0 Å². The molecule has 1 aromatic heterocycles. The van der Waals surface area contributed by atoms with Gasteiger partial charge in [0.05, 0.1) is 0 Å². The first kappa shape index (κ1) is 10.1. The number of nitrogens with one attached hydrogen (secondary N) is 1. The van der Waals surface area contributed by atoms with E-state index in [9.17, 15) is 0 Å². The molecule has 78 valence electrons. The quantitative estimate of drug-likeness (QED) is 0.803. The molecule has 1 saturated carbocycles. The third-order valence-corrected chi connectivity index (χ3v) is 3.98. The van der Waals surface area contributed by atoms with Gasteiger partial charge in [-0.05, 0) is 37.6 Å². The zero-order valence-corrected chi connectivity index (χ0v) is 9.39. The fourth-order valence-corrected chi connectivity index (χ4v) is 2.88. The first-order valence-electron chi connectivity index (χ1n) is 5.30. The first-order chi connectivity index (χ1) is 6.75. The minimum atomic E-state index is 0.419. The van der Waals surface area contributed by atoms with Gasteiger partial charge in [-0.2, -0.15) is 0 Å². The van der Waals surface area contributed by atoms with Crippen molar-refractivity contribution in [3.05, 3.63) is 22.4 Å². The Kier molecular flexibility index (Phi) is 3.21. The van der Waals surface area contributed by atoms with Crippen molar-refractivity contribution in [2.45, 2.75) is 44.3 Å². The van der Waals surface area contributed by atoms with E-state index in [4.69, 9.17) is 5.73 Å². The Morgan fingerprint density at radius 3 is 3.00 bits per heavy atom. The standard InChI is InChI=1S/C11H18N2S/c1-8(11-3-2-6-14-11)13-10-5-4-9(12)7-10/h2-3,6,8-10,13H,4-5,7,12H2,1H3/t8-,9?,10?/m1/s1. The molecule has 0 saturated heterocycles. The zero-order valence-electron chi connectivity index (χ0n) is 8.57. The van der Waals surface area contributed by atoms with Crippen molar-refractivity contribution in [2.24, 2.45) is 5.73 Å². The maximum Gasteiger partial charge on any atom is 0.0388 e. The van der Waals surface area contributed by atoms with Crippen molar-refractivity contribution in [3.8, 4) is 0 Å². The van der Waals surface area contributed by atoms with Crippen LogP contribution in [0.2, 0.25) is 0 Å². The molecule has 2 nitrogen and oxygen atoms in total. The molecule has 3 heteroatoms. The van der Waals surface area contributed by atoms with Crippen molar-refractivity contribution in [3.63, 3.8) is 0 Å². The minimum absolute atomic E-state index is 0.419. The molecule has 0 aliphatic heterocycles. The van der Waals surface area contributed by atoms with E-state index in [2.05, 4.69) is 29.8 Å². The maximum absolute atomic E-state index is 5.88. The van der Waals surface area contributed by atoms with E-state index in [0.29, 0.717) is 18.1 Å². The lowest BCUT2D eigenvalue weighted by molar-refractivity contribution is 0.461. The number of hydrogen-bond acceptors (Lipinski definition) is 3. The summed E-state index contributed by atoms with van der Waals surface area (Å²) in [7, 11) is 0. The summed E-state index contributed by atoms with van der Waals surface area (Å²) in [6.45, 7) is 2.23. The molecule has 3 atom stereocenters. The molecule has 3 N–H and O–H groups in total. The van der Waals surface area contributed by atoms with Crippen molar-refractivity contribution in [2.75, 3.05) is 0 Å². The summed E-state index contributed by atoms with van der Waals surface area (Å²) in [5.74, 6) is 0. The van der Waals surface area contributed by atoms with Crippen molar-refractivity contribution in [1.29, 1.82) is 0 Å². The van der Waals surface area contributed by atoms with Gasteiger partial charge in [-0.25, -0.2) is 0 Å². The molecule has 0 amide bonds. The number of hydrogen-bond donors (Lipinski definition) is 2. The molecule has 0 radical (unpaired) electrons. The van der Waals surface area contributed by atoms with E-state index in [1.54, 1.807) is 0 Å². The Labute approximate surface area is 89.5 Å². The summed E-state index contributed by atoms with van der Waals surface area (Å²) in [4.78, 5) is 1.42. The van der Waals surface area contributed by atoms with Gasteiger partial charge in [0.25, 0.3) is 0 Å². The lowest BCUT2D eigenvalue weighted by Crippen LogP contribution is -2.30. The van der Waals surface area contributed by atoms with Crippen LogP contribution in [0, 0.1) is 0 Å². The average molecular weight is 210 g/mol. The van der Waals surface area contributed by atoms with Gasteiger partial charge in [-0.1, -0.05) is 6.07 Å². The molecular weight excluding hydrogens is 192 g/mol. The Morgan fingerprint density at radius 1 is 1.57 bits per heavy atom. The van der Waals surface area contributed by atoms with Gasteiger partial charge < -0.3 is 11.1 Å². The molecule has 2 unspecified atom stereocenters. The highest BCUT2D eigenvalue weighted by atomic mass is 32.1. The van der Waals surface area contributed by atoms with Crippen LogP contribution < -0.4 is 11.1 Å². The van der Waals surface area contributed by atoms with Crippen LogP contribution >= 0.6 is 11.3 Å². The van der Waals surface area contributed by atoms with E-state index in [1.165, 1.54) is 17.7 Å². The summed E-state index contributed by atoms with van der Waals surface area (Å²) in [6, 6.07) is 5.82. The van der Waals surface area contributed by atoms with Crippen LogP contribution in [0.5, 0.6) is 0 Å². The minimum Gasteiger partial charge on any atom is -0.328 e.